The van der Waals surface area contributed by atoms with Crippen LogP contribution in [0.5, 0.6) is 0 Å². The van der Waals surface area contributed by atoms with Crippen LogP contribution in [0.1, 0.15) is 12.8 Å². The Morgan fingerprint density at radius 1 is 1.40 bits per heavy atom. The number of piperidine rings is 1. The number of halogens is 3. The van der Waals surface area contributed by atoms with Gasteiger partial charge in [-0.3, -0.25) is 4.79 Å². The van der Waals surface area contributed by atoms with Gasteiger partial charge in [0.1, 0.15) is 0 Å². The van der Waals surface area contributed by atoms with E-state index in [0.717, 1.165) is 25.9 Å². The number of nitrogens with one attached hydrogen (secondary N) is 1. The van der Waals surface area contributed by atoms with Crippen LogP contribution in [0.15, 0.2) is 0 Å². The number of carbonyl (C=O) groups is 1. The molecule has 1 amide bonds. The largest absolute Gasteiger partial charge is 0.471 e. The number of alkyl halides is 3. The molecule has 1 heterocycles. The Bertz CT molecular complexity index is 222. The van der Waals surface area contributed by atoms with Gasteiger partial charge < -0.3 is 10.2 Å². The predicted molar refractivity (Wildman–Crippen MR) is 49.3 cm³/mol. The fourth-order valence-corrected chi connectivity index (χ4v) is 1.60. The maximum absolute atomic E-state index is 11.8. The van der Waals surface area contributed by atoms with Crippen molar-refractivity contribution in [2.24, 2.45) is 5.92 Å². The molecule has 3 nitrogen and oxygen atoms in total. The lowest BCUT2D eigenvalue weighted by Gasteiger charge is -2.28. The van der Waals surface area contributed by atoms with E-state index in [1.165, 1.54) is 0 Å². The SMILES string of the molecule is CN1CCC(CNC(=O)C(F)(F)F)CC1. The summed E-state index contributed by atoms with van der Waals surface area (Å²) in [5, 5.41) is 1.92. The maximum Gasteiger partial charge on any atom is 0.471 e. The summed E-state index contributed by atoms with van der Waals surface area (Å²) in [4.78, 5) is 12.7. The first kappa shape index (κ1) is 12.3. The Hall–Kier alpha value is -0.780. The molecule has 0 atom stereocenters. The van der Waals surface area contributed by atoms with Crippen LogP contribution in [0.25, 0.3) is 0 Å². The van der Waals surface area contributed by atoms with Crippen molar-refractivity contribution in [2.75, 3.05) is 26.7 Å². The molecule has 0 saturated carbocycles. The van der Waals surface area contributed by atoms with Crippen LogP contribution in [0.3, 0.4) is 0 Å². The molecule has 0 aromatic heterocycles. The Kier molecular flexibility index (Phi) is 3.96. The number of amides is 1. The number of hydrogen-bond donors (Lipinski definition) is 1. The molecule has 1 fully saturated rings. The second-order valence-electron chi connectivity index (χ2n) is 3.95. The fraction of sp³-hybridized carbons (Fsp3) is 0.889. The van der Waals surface area contributed by atoms with Gasteiger partial charge in [0.15, 0.2) is 0 Å². The monoisotopic (exact) mass is 224 g/mol. The van der Waals surface area contributed by atoms with E-state index in [1.54, 1.807) is 0 Å². The van der Waals surface area contributed by atoms with Crippen molar-refractivity contribution in [3.8, 4) is 0 Å². The molecular formula is C9H15F3N2O. The Morgan fingerprint density at radius 3 is 2.40 bits per heavy atom. The van der Waals surface area contributed by atoms with Crippen LogP contribution in [0.2, 0.25) is 0 Å². The topological polar surface area (TPSA) is 32.3 Å². The van der Waals surface area contributed by atoms with Gasteiger partial charge in [0.05, 0.1) is 0 Å². The summed E-state index contributed by atoms with van der Waals surface area (Å²) in [6.07, 6.45) is -3.07. The quantitative estimate of drug-likeness (QED) is 0.759. The van der Waals surface area contributed by atoms with Crippen LogP contribution >= 0.6 is 0 Å². The molecule has 1 saturated heterocycles. The van der Waals surface area contributed by atoms with E-state index in [2.05, 4.69) is 4.90 Å². The molecule has 0 radical (unpaired) electrons. The summed E-state index contributed by atoms with van der Waals surface area (Å²) in [5.41, 5.74) is 0. The molecule has 0 aromatic carbocycles. The average Bonchev–Trinajstić information content (AvgIpc) is 2.15. The number of carbonyl (C=O) groups excluding carboxylic acids is 1. The van der Waals surface area contributed by atoms with Crippen LogP contribution < -0.4 is 5.32 Å². The van der Waals surface area contributed by atoms with Crippen molar-refractivity contribution < 1.29 is 18.0 Å². The molecule has 15 heavy (non-hydrogen) atoms. The summed E-state index contributed by atoms with van der Waals surface area (Å²) in [7, 11) is 1.98. The number of rotatable bonds is 2. The van der Waals surface area contributed by atoms with Crippen molar-refractivity contribution in [1.29, 1.82) is 0 Å². The molecule has 0 bridgehead atoms. The van der Waals surface area contributed by atoms with Gasteiger partial charge in [-0.2, -0.15) is 13.2 Å². The fourth-order valence-electron chi connectivity index (χ4n) is 1.60. The zero-order chi connectivity index (χ0) is 11.5. The van der Waals surface area contributed by atoms with Gasteiger partial charge in [-0.25, -0.2) is 0 Å². The normalized spacial score (nSPS) is 20.3. The lowest BCUT2D eigenvalue weighted by atomic mass is 9.97. The van der Waals surface area contributed by atoms with E-state index in [-0.39, 0.29) is 12.5 Å². The second-order valence-corrected chi connectivity index (χ2v) is 3.95. The van der Waals surface area contributed by atoms with Gasteiger partial charge in [0.25, 0.3) is 0 Å². The van der Waals surface area contributed by atoms with Crippen molar-refractivity contribution in [1.82, 2.24) is 10.2 Å². The third kappa shape index (κ3) is 4.07. The molecule has 0 unspecified atom stereocenters. The maximum atomic E-state index is 11.8. The molecule has 0 aliphatic carbocycles. The number of nitrogens with zero attached hydrogens (tertiary/aromatic N) is 1. The lowest BCUT2D eigenvalue weighted by molar-refractivity contribution is -0.173. The van der Waals surface area contributed by atoms with E-state index in [0.29, 0.717) is 0 Å². The molecular weight excluding hydrogens is 209 g/mol. The average molecular weight is 224 g/mol. The first-order chi connectivity index (χ1) is 6.89. The minimum Gasteiger partial charge on any atom is -0.348 e. The highest BCUT2D eigenvalue weighted by Crippen LogP contribution is 2.17. The summed E-state index contributed by atoms with van der Waals surface area (Å²) < 4.78 is 35.5. The molecule has 6 heteroatoms. The summed E-state index contributed by atoms with van der Waals surface area (Å²) in [5.74, 6) is -1.66. The highest BCUT2D eigenvalue weighted by molar-refractivity contribution is 5.81. The Balaban J connectivity index is 2.23. The molecule has 1 rings (SSSR count). The van der Waals surface area contributed by atoms with Gasteiger partial charge in [0.2, 0.25) is 0 Å². The molecule has 88 valence electrons. The number of hydrogen-bond acceptors (Lipinski definition) is 2. The van der Waals surface area contributed by atoms with Crippen LogP contribution in [-0.2, 0) is 4.79 Å². The Labute approximate surface area is 86.6 Å². The Morgan fingerprint density at radius 2 is 1.93 bits per heavy atom. The first-order valence-corrected chi connectivity index (χ1v) is 4.93. The summed E-state index contributed by atoms with van der Waals surface area (Å²) in [6, 6.07) is 0. The van der Waals surface area contributed by atoms with Crippen LogP contribution in [-0.4, -0.2) is 43.7 Å². The third-order valence-corrected chi connectivity index (χ3v) is 2.65. The summed E-state index contributed by atoms with van der Waals surface area (Å²) >= 11 is 0. The van der Waals surface area contributed by atoms with E-state index < -0.39 is 12.1 Å². The molecule has 0 spiro atoms. The third-order valence-electron chi connectivity index (χ3n) is 2.65. The van der Waals surface area contributed by atoms with Gasteiger partial charge in [-0.05, 0) is 38.9 Å². The summed E-state index contributed by atoms with van der Waals surface area (Å²) in [6.45, 7) is 1.89. The van der Waals surface area contributed by atoms with E-state index >= 15 is 0 Å². The van der Waals surface area contributed by atoms with Gasteiger partial charge in [-0.1, -0.05) is 0 Å². The highest BCUT2D eigenvalue weighted by Gasteiger charge is 2.38. The van der Waals surface area contributed by atoms with Crippen molar-refractivity contribution >= 4 is 5.91 Å². The zero-order valence-corrected chi connectivity index (χ0v) is 8.60. The smallest absolute Gasteiger partial charge is 0.348 e. The minimum absolute atomic E-state index is 0.131. The minimum atomic E-state index is -4.76. The van der Waals surface area contributed by atoms with E-state index in [9.17, 15) is 18.0 Å². The van der Waals surface area contributed by atoms with Crippen molar-refractivity contribution in [3.63, 3.8) is 0 Å². The first-order valence-electron chi connectivity index (χ1n) is 4.93. The van der Waals surface area contributed by atoms with Crippen LogP contribution in [0, 0.1) is 5.92 Å². The second kappa shape index (κ2) is 4.83. The number of likely N-dealkylation sites (tertiary alicyclic amines) is 1. The zero-order valence-electron chi connectivity index (χ0n) is 8.60. The standard InChI is InChI=1S/C9H15F3N2O/c1-14-4-2-7(3-5-14)6-13-8(15)9(10,11)12/h7H,2-6H2,1H3,(H,13,15). The lowest BCUT2D eigenvalue weighted by Crippen LogP contribution is -2.41. The predicted octanol–water partition coefficient (Wildman–Crippen LogP) is 1.01. The van der Waals surface area contributed by atoms with Crippen LogP contribution in [0.4, 0.5) is 13.2 Å². The van der Waals surface area contributed by atoms with E-state index in [1.807, 2.05) is 12.4 Å². The molecule has 1 aliphatic rings. The highest BCUT2D eigenvalue weighted by atomic mass is 19.4. The van der Waals surface area contributed by atoms with Crippen molar-refractivity contribution in [2.45, 2.75) is 19.0 Å². The molecule has 1 N–H and O–H groups in total. The van der Waals surface area contributed by atoms with Gasteiger partial charge in [-0.15, -0.1) is 0 Å². The van der Waals surface area contributed by atoms with Gasteiger partial charge in [0, 0.05) is 6.54 Å². The molecule has 1 aliphatic heterocycles. The van der Waals surface area contributed by atoms with Gasteiger partial charge >= 0.3 is 12.1 Å². The van der Waals surface area contributed by atoms with E-state index in [4.69, 9.17) is 0 Å². The molecule has 0 aromatic rings. The van der Waals surface area contributed by atoms with Crippen molar-refractivity contribution in [3.05, 3.63) is 0 Å².